The number of rotatable bonds is 5. The first kappa shape index (κ1) is 17.9. The zero-order chi connectivity index (χ0) is 19.0. The van der Waals surface area contributed by atoms with E-state index in [-0.39, 0.29) is 25.0 Å². The van der Waals surface area contributed by atoms with Gasteiger partial charge in [-0.3, -0.25) is 4.90 Å². The average molecular weight is 371 g/mol. The number of aliphatic hydroxyl groups is 1. The van der Waals surface area contributed by atoms with Crippen LogP contribution in [-0.4, -0.2) is 49.1 Å². The van der Waals surface area contributed by atoms with Crippen LogP contribution in [0.2, 0.25) is 0 Å². The zero-order valence-electron chi connectivity index (χ0n) is 15.7. The van der Waals surface area contributed by atoms with Crippen molar-refractivity contribution in [3.8, 4) is 23.0 Å². The maximum absolute atomic E-state index is 10.5. The number of aliphatic hydroxyl groups excluding tert-OH is 1. The molecule has 0 radical (unpaired) electrons. The molecule has 2 aromatic carbocycles. The number of hydrogen-bond donors (Lipinski definition) is 2. The van der Waals surface area contributed by atoms with Crippen molar-refractivity contribution in [1.29, 1.82) is 0 Å². The molecule has 6 heteroatoms. The van der Waals surface area contributed by atoms with Crippen molar-refractivity contribution in [3.05, 3.63) is 46.5 Å². The molecule has 1 atom stereocenters. The standard InChI is InChI=1S/C21H25NO5/c1-25-18-4-3-13-9-17-15-11-20(27-8-7-23)19(26-2)10-14(15)5-6-22(17)12-16(13)21(18)24/h3-4,10-11,17,23-24H,5-9,12H2,1-2H3. The summed E-state index contributed by atoms with van der Waals surface area (Å²) in [5.74, 6) is 2.14. The summed E-state index contributed by atoms with van der Waals surface area (Å²) in [6, 6.07) is 8.22. The minimum atomic E-state index is -0.0374. The fraction of sp³-hybridized carbons (Fsp3) is 0.429. The van der Waals surface area contributed by atoms with E-state index < -0.39 is 0 Å². The summed E-state index contributed by atoms with van der Waals surface area (Å²) in [6.45, 7) is 1.82. The fourth-order valence-electron chi connectivity index (χ4n) is 4.22. The first-order valence-corrected chi connectivity index (χ1v) is 9.22. The molecule has 2 N–H and O–H groups in total. The van der Waals surface area contributed by atoms with Crippen LogP contribution in [0.15, 0.2) is 24.3 Å². The molecule has 1 unspecified atom stereocenters. The van der Waals surface area contributed by atoms with Gasteiger partial charge in [-0.15, -0.1) is 0 Å². The molecule has 2 aliphatic rings. The highest BCUT2D eigenvalue weighted by molar-refractivity contribution is 5.54. The van der Waals surface area contributed by atoms with Crippen LogP contribution in [0.25, 0.3) is 0 Å². The lowest BCUT2D eigenvalue weighted by Crippen LogP contribution is -2.39. The summed E-state index contributed by atoms with van der Waals surface area (Å²) < 4.78 is 16.4. The van der Waals surface area contributed by atoms with Gasteiger partial charge in [0.2, 0.25) is 0 Å². The number of phenols is 1. The summed E-state index contributed by atoms with van der Waals surface area (Å²) in [6.07, 6.45) is 1.74. The predicted octanol–water partition coefficient (Wildman–Crippen LogP) is 2.44. The van der Waals surface area contributed by atoms with E-state index in [1.54, 1.807) is 14.2 Å². The van der Waals surface area contributed by atoms with Gasteiger partial charge in [0, 0.05) is 24.7 Å². The molecule has 0 aliphatic carbocycles. The second-order valence-electron chi connectivity index (χ2n) is 6.97. The number of phenolic OH excluding ortho intramolecular Hbond substituents is 1. The van der Waals surface area contributed by atoms with Crippen molar-refractivity contribution in [3.63, 3.8) is 0 Å². The van der Waals surface area contributed by atoms with Gasteiger partial charge in [0.25, 0.3) is 0 Å². The molecule has 0 saturated carbocycles. The third kappa shape index (κ3) is 3.09. The Kier molecular flexibility index (Phi) is 4.85. The third-order valence-corrected chi connectivity index (χ3v) is 5.58. The maximum atomic E-state index is 10.5. The van der Waals surface area contributed by atoms with E-state index in [1.807, 2.05) is 12.1 Å². The summed E-state index contributed by atoms with van der Waals surface area (Å²) in [5, 5.41) is 19.6. The number of methoxy groups -OCH3 is 2. The van der Waals surface area contributed by atoms with Gasteiger partial charge in [-0.25, -0.2) is 0 Å². The molecule has 27 heavy (non-hydrogen) atoms. The third-order valence-electron chi connectivity index (χ3n) is 5.58. The Morgan fingerprint density at radius 2 is 1.89 bits per heavy atom. The normalized spacial score (nSPS) is 18.3. The van der Waals surface area contributed by atoms with Gasteiger partial charge in [-0.05, 0) is 47.7 Å². The number of nitrogens with zero attached hydrogens (tertiary/aromatic N) is 1. The number of aromatic hydroxyl groups is 1. The largest absolute Gasteiger partial charge is 0.504 e. The summed E-state index contributed by atoms with van der Waals surface area (Å²) >= 11 is 0. The van der Waals surface area contributed by atoms with Gasteiger partial charge < -0.3 is 24.4 Å². The second kappa shape index (κ2) is 7.29. The molecule has 2 heterocycles. The predicted molar refractivity (Wildman–Crippen MR) is 101 cm³/mol. The van der Waals surface area contributed by atoms with Crippen LogP contribution in [-0.2, 0) is 19.4 Å². The van der Waals surface area contributed by atoms with Crippen molar-refractivity contribution >= 4 is 0 Å². The average Bonchev–Trinajstić information content (AvgIpc) is 2.70. The number of fused-ring (bicyclic) bond motifs is 4. The second-order valence-corrected chi connectivity index (χ2v) is 6.97. The van der Waals surface area contributed by atoms with E-state index >= 15 is 0 Å². The molecule has 2 aliphatic heterocycles. The van der Waals surface area contributed by atoms with Crippen LogP contribution in [0.5, 0.6) is 23.0 Å². The summed E-state index contributed by atoms with van der Waals surface area (Å²) in [7, 11) is 3.21. The van der Waals surface area contributed by atoms with E-state index in [9.17, 15) is 5.11 Å². The topological polar surface area (TPSA) is 71.4 Å². The van der Waals surface area contributed by atoms with Crippen LogP contribution in [0.3, 0.4) is 0 Å². The first-order valence-electron chi connectivity index (χ1n) is 9.22. The van der Waals surface area contributed by atoms with Crippen molar-refractivity contribution in [2.75, 3.05) is 34.0 Å². The van der Waals surface area contributed by atoms with Gasteiger partial charge >= 0.3 is 0 Å². The highest BCUT2D eigenvalue weighted by Crippen LogP contribution is 2.45. The van der Waals surface area contributed by atoms with Crippen molar-refractivity contribution < 1.29 is 24.4 Å². The SMILES string of the molecule is COc1cc2c(cc1OCCO)C1Cc3ccc(OC)c(O)c3CN1CC2. The molecule has 0 saturated heterocycles. The summed E-state index contributed by atoms with van der Waals surface area (Å²) in [4.78, 5) is 2.39. The minimum absolute atomic E-state index is 0.0374. The molecule has 0 fully saturated rings. The number of hydrogen-bond acceptors (Lipinski definition) is 6. The highest BCUT2D eigenvalue weighted by Gasteiger charge is 2.34. The molecule has 2 aromatic rings. The van der Waals surface area contributed by atoms with E-state index in [0.29, 0.717) is 23.8 Å². The van der Waals surface area contributed by atoms with Crippen LogP contribution < -0.4 is 14.2 Å². The van der Waals surface area contributed by atoms with E-state index in [1.165, 1.54) is 11.1 Å². The number of ether oxygens (including phenoxy) is 3. The van der Waals surface area contributed by atoms with Crippen molar-refractivity contribution in [1.82, 2.24) is 4.90 Å². The first-order chi connectivity index (χ1) is 13.2. The fourth-order valence-corrected chi connectivity index (χ4v) is 4.22. The van der Waals surface area contributed by atoms with Crippen molar-refractivity contribution in [2.45, 2.75) is 25.4 Å². The van der Waals surface area contributed by atoms with Gasteiger partial charge in [0.15, 0.2) is 23.0 Å². The quantitative estimate of drug-likeness (QED) is 0.841. The molecule has 6 nitrogen and oxygen atoms in total. The Morgan fingerprint density at radius 1 is 1.07 bits per heavy atom. The monoisotopic (exact) mass is 371 g/mol. The lowest BCUT2D eigenvalue weighted by molar-refractivity contribution is 0.156. The maximum Gasteiger partial charge on any atom is 0.162 e. The van der Waals surface area contributed by atoms with Gasteiger partial charge in [0.1, 0.15) is 6.61 Å². The van der Waals surface area contributed by atoms with E-state index in [4.69, 9.17) is 19.3 Å². The van der Waals surface area contributed by atoms with Crippen LogP contribution in [0, 0.1) is 0 Å². The highest BCUT2D eigenvalue weighted by atomic mass is 16.5. The smallest absolute Gasteiger partial charge is 0.162 e. The molecular weight excluding hydrogens is 346 g/mol. The molecule has 0 bridgehead atoms. The zero-order valence-corrected chi connectivity index (χ0v) is 15.7. The van der Waals surface area contributed by atoms with Crippen LogP contribution in [0.4, 0.5) is 0 Å². The summed E-state index contributed by atoms with van der Waals surface area (Å²) in [5.41, 5.74) is 4.61. The Balaban J connectivity index is 1.72. The Morgan fingerprint density at radius 3 is 2.63 bits per heavy atom. The minimum Gasteiger partial charge on any atom is -0.504 e. The molecule has 0 aromatic heterocycles. The number of benzene rings is 2. The molecule has 0 amide bonds. The van der Waals surface area contributed by atoms with Crippen LogP contribution >= 0.6 is 0 Å². The van der Waals surface area contributed by atoms with E-state index in [2.05, 4.69) is 17.0 Å². The van der Waals surface area contributed by atoms with Gasteiger partial charge in [0.05, 0.1) is 20.8 Å². The Bertz CT molecular complexity index is 851. The van der Waals surface area contributed by atoms with Crippen molar-refractivity contribution in [2.24, 2.45) is 0 Å². The van der Waals surface area contributed by atoms with Crippen LogP contribution in [0.1, 0.15) is 28.3 Å². The Hall–Kier alpha value is -2.44. The lowest BCUT2D eigenvalue weighted by atomic mass is 9.83. The molecular formula is C21H25NO5. The Labute approximate surface area is 158 Å². The molecule has 4 rings (SSSR count). The lowest BCUT2D eigenvalue weighted by Gasteiger charge is -2.42. The molecule has 144 valence electrons. The molecule has 0 spiro atoms. The van der Waals surface area contributed by atoms with Gasteiger partial charge in [-0.1, -0.05) is 6.07 Å². The van der Waals surface area contributed by atoms with Gasteiger partial charge in [-0.2, -0.15) is 0 Å². The van der Waals surface area contributed by atoms with E-state index in [0.717, 1.165) is 30.5 Å².